The molecule has 1 aromatic heterocycles. The molecule has 0 saturated carbocycles. The molecule has 0 bridgehead atoms. The number of carbonyl (C=O) groups excluding carboxylic acids is 1. The summed E-state index contributed by atoms with van der Waals surface area (Å²) in [6.45, 7) is 0. The van der Waals surface area contributed by atoms with Crippen LogP contribution in [0.3, 0.4) is 0 Å². The molecule has 0 fully saturated rings. The number of alkyl halides is 3. The number of hydrogen-bond acceptors (Lipinski definition) is 5. The molecule has 0 saturated heterocycles. The summed E-state index contributed by atoms with van der Waals surface area (Å²) in [5.74, 6) is -0.593. The fourth-order valence-corrected chi connectivity index (χ4v) is 3.01. The number of ether oxygens (including phenoxy) is 1. The molecule has 23 heavy (non-hydrogen) atoms. The molecule has 5 nitrogen and oxygen atoms in total. The lowest BCUT2D eigenvalue weighted by Gasteiger charge is -2.10. The highest BCUT2D eigenvalue weighted by molar-refractivity contribution is 7.92. The van der Waals surface area contributed by atoms with Crippen LogP contribution in [0.1, 0.15) is 16.1 Å². The molecular formula is C14H11F3N2O3S. The smallest absolute Gasteiger partial charge is 0.433 e. The molecule has 1 unspecified atom stereocenters. The molecule has 1 heterocycles. The number of halogens is 3. The highest BCUT2D eigenvalue weighted by Crippen LogP contribution is 2.29. The van der Waals surface area contributed by atoms with Gasteiger partial charge in [0, 0.05) is 6.20 Å². The van der Waals surface area contributed by atoms with Gasteiger partial charge in [-0.25, -0.2) is 13.8 Å². The first-order valence-corrected chi connectivity index (χ1v) is 7.72. The van der Waals surface area contributed by atoms with Gasteiger partial charge in [0.15, 0.2) is 0 Å². The summed E-state index contributed by atoms with van der Waals surface area (Å²) in [7, 11) is -2.33. The van der Waals surface area contributed by atoms with Crippen LogP contribution >= 0.6 is 0 Å². The van der Waals surface area contributed by atoms with Gasteiger partial charge in [0.1, 0.15) is 15.4 Å². The molecule has 0 spiro atoms. The molecule has 0 aliphatic carbocycles. The Labute approximate surface area is 130 Å². The number of methoxy groups -OCH3 is 1. The van der Waals surface area contributed by atoms with Gasteiger partial charge in [0.25, 0.3) is 0 Å². The molecule has 1 N–H and O–H groups in total. The monoisotopic (exact) mass is 344 g/mol. The van der Waals surface area contributed by atoms with Crippen molar-refractivity contribution in [2.24, 2.45) is 0 Å². The third kappa shape index (κ3) is 3.50. The summed E-state index contributed by atoms with van der Waals surface area (Å²) in [4.78, 5) is 14.4. The molecule has 1 atom stereocenters. The van der Waals surface area contributed by atoms with Crippen molar-refractivity contribution in [2.45, 2.75) is 16.0 Å². The van der Waals surface area contributed by atoms with E-state index >= 15 is 0 Å². The summed E-state index contributed by atoms with van der Waals surface area (Å²) in [5, 5.41) is 0. The minimum atomic E-state index is -4.61. The average Bonchev–Trinajstić information content (AvgIpc) is 2.53. The minimum absolute atomic E-state index is 0.0479. The van der Waals surface area contributed by atoms with Crippen LogP contribution in [-0.4, -0.2) is 22.3 Å². The normalized spacial score (nSPS) is 14.1. The van der Waals surface area contributed by atoms with Gasteiger partial charge in [0.05, 0.1) is 22.5 Å². The minimum Gasteiger partial charge on any atom is -0.465 e. The van der Waals surface area contributed by atoms with Crippen LogP contribution in [0.4, 0.5) is 13.2 Å². The van der Waals surface area contributed by atoms with Crippen LogP contribution in [0.15, 0.2) is 52.4 Å². The van der Waals surface area contributed by atoms with Gasteiger partial charge in [-0.2, -0.15) is 13.2 Å². The van der Waals surface area contributed by atoms with Crippen LogP contribution in [0.2, 0.25) is 0 Å². The molecule has 122 valence electrons. The van der Waals surface area contributed by atoms with E-state index in [1.165, 1.54) is 31.4 Å². The lowest BCUT2D eigenvalue weighted by Crippen LogP contribution is -2.09. The molecule has 2 rings (SSSR count). The predicted molar refractivity (Wildman–Crippen MR) is 74.4 cm³/mol. The Kier molecular flexibility index (Phi) is 4.42. The number of carbonyl (C=O) groups is 1. The maximum atomic E-state index is 12.5. The Morgan fingerprint density at radius 2 is 1.70 bits per heavy atom. The Morgan fingerprint density at radius 1 is 1.13 bits per heavy atom. The third-order valence-electron chi connectivity index (χ3n) is 2.97. The summed E-state index contributed by atoms with van der Waals surface area (Å²) < 4.78 is 62.4. The Bertz CT molecular complexity index is 814. The summed E-state index contributed by atoms with van der Waals surface area (Å²) in [5.41, 5.74) is -0.922. The third-order valence-corrected chi connectivity index (χ3v) is 4.81. The SMILES string of the molecule is COC(=O)c1ccc(S(=N)(=O)c2ccc(C(F)(F)F)nc2)cc1. The van der Waals surface area contributed by atoms with Gasteiger partial charge in [-0.15, -0.1) is 0 Å². The number of aromatic nitrogens is 1. The number of rotatable bonds is 3. The van der Waals surface area contributed by atoms with Gasteiger partial charge in [-0.1, -0.05) is 0 Å². The van der Waals surface area contributed by atoms with Crippen LogP contribution in [0.5, 0.6) is 0 Å². The average molecular weight is 344 g/mol. The van der Waals surface area contributed by atoms with Crippen molar-refractivity contribution in [1.82, 2.24) is 4.98 Å². The first-order chi connectivity index (χ1) is 10.7. The van der Waals surface area contributed by atoms with Gasteiger partial charge in [-0.05, 0) is 36.4 Å². The number of esters is 1. The number of hydrogen-bond donors (Lipinski definition) is 1. The van der Waals surface area contributed by atoms with Crippen molar-refractivity contribution in [3.63, 3.8) is 0 Å². The van der Waals surface area contributed by atoms with E-state index in [0.717, 1.165) is 12.3 Å². The van der Waals surface area contributed by atoms with Crippen LogP contribution in [-0.2, 0) is 20.6 Å². The number of pyridine rings is 1. The van der Waals surface area contributed by atoms with E-state index in [4.69, 9.17) is 4.78 Å². The number of nitrogens with zero attached hydrogens (tertiary/aromatic N) is 1. The first-order valence-electron chi connectivity index (χ1n) is 6.17. The van der Waals surface area contributed by atoms with Crippen molar-refractivity contribution < 1.29 is 26.9 Å². The fourth-order valence-electron chi connectivity index (χ4n) is 1.75. The number of benzene rings is 1. The van der Waals surface area contributed by atoms with Gasteiger partial charge in [-0.3, -0.25) is 4.98 Å². The lowest BCUT2D eigenvalue weighted by atomic mass is 10.2. The van der Waals surface area contributed by atoms with E-state index < -0.39 is 27.6 Å². The van der Waals surface area contributed by atoms with Crippen LogP contribution < -0.4 is 0 Å². The molecule has 9 heteroatoms. The second-order valence-corrected chi connectivity index (χ2v) is 6.50. The van der Waals surface area contributed by atoms with E-state index in [9.17, 15) is 22.2 Å². The fraction of sp³-hybridized carbons (Fsp3) is 0.143. The highest BCUT2D eigenvalue weighted by Gasteiger charge is 2.32. The quantitative estimate of drug-likeness (QED) is 0.866. The molecule has 2 aromatic rings. The van der Waals surface area contributed by atoms with Crippen molar-refractivity contribution in [1.29, 1.82) is 4.78 Å². The van der Waals surface area contributed by atoms with E-state index in [0.29, 0.717) is 6.07 Å². The van der Waals surface area contributed by atoms with Crippen LogP contribution in [0.25, 0.3) is 0 Å². The van der Waals surface area contributed by atoms with Crippen molar-refractivity contribution in [3.05, 3.63) is 53.9 Å². The second-order valence-electron chi connectivity index (χ2n) is 4.45. The second kappa shape index (κ2) is 5.99. The zero-order valence-corrected chi connectivity index (χ0v) is 12.6. The Morgan fingerprint density at radius 3 is 2.13 bits per heavy atom. The highest BCUT2D eigenvalue weighted by atomic mass is 32.2. The van der Waals surface area contributed by atoms with Crippen LogP contribution in [0, 0.1) is 4.78 Å². The molecule has 0 radical (unpaired) electrons. The summed E-state index contributed by atoms with van der Waals surface area (Å²) >= 11 is 0. The van der Waals surface area contributed by atoms with E-state index in [2.05, 4.69) is 9.72 Å². The van der Waals surface area contributed by atoms with Gasteiger partial charge >= 0.3 is 12.1 Å². The molecule has 0 aliphatic heterocycles. The number of nitrogens with one attached hydrogen (secondary N) is 1. The zero-order valence-electron chi connectivity index (χ0n) is 11.8. The molecule has 1 aromatic carbocycles. The van der Waals surface area contributed by atoms with Gasteiger partial charge in [0.2, 0.25) is 0 Å². The van der Waals surface area contributed by atoms with E-state index in [1.807, 2.05) is 0 Å². The topological polar surface area (TPSA) is 80.1 Å². The van der Waals surface area contributed by atoms with Crippen molar-refractivity contribution in [3.8, 4) is 0 Å². The molecule has 0 amide bonds. The van der Waals surface area contributed by atoms with Crippen molar-refractivity contribution in [2.75, 3.05) is 7.11 Å². The predicted octanol–water partition coefficient (Wildman–Crippen LogP) is 3.35. The maximum Gasteiger partial charge on any atom is 0.433 e. The van der Waals surface area contributed by atoms with E-state index in [-0.39, 0.29) is 15.4 Å². The summed E-state index contributed by atoms with van der Waals surface area (Å²) in [6.07, 6.45) is -3.84. The largest absolute Gasteiger partial charge is 0.465 e. The van der Waals surface area contributed by atoms with E-state index in [1.54, 1.807) is 0 Å². The first kappa shape index (κ1) is 16.9. The maximum absolute atomic E-state index is 12.5. The standard InChI is InChI=1S/C14H11F3N2O3S/c1-22-13(20)9-2-4-10(5-3-9)23(18,21)11-6-7-12(19-8-11)14(15,16)17/h2-8,18H,1H3. The Balaban J connectivity index is 2.36. The molecule has 0 aliphatic rings. The lowest BCUT2D eigenvalue weighted by molar-refractivity contribution is -0.141. The Hall–Kier alpha value is -2.42. The zero-order chi connectivity index (χ0) is 17.3. The van der Waals surface area contributed by atoms with Gasteiger partial charge < -0.3 is 4.74 Å². The summed E-state index contributed by atoms with van der Waals surface area (Å²) in [6, 6.07) is 6.87. The molecular weight excluding hydrogens is 333 g/mol. The van der Waals surface area contributed by atoms with Crippen molar-refractivity contribution >= 4 is 15.7 Å².